The highest BCUT2D eigenvalue weighted by atomic mass is 32.2. The summed E-state index contributed by atoms with van der Waals surface area (Å²) < 4.78 is 36.2. The Labute approximate surface area is 180 Å². The molecule has 156 valence electrons. The molecule has 0 bridgehead atoms. The van der Waals surface area contributed by atoms with E-state index in [-0.39, 0.29) is 31.7 Å². The fourth-order valence-corrected chi connectivity index (χ4v) is 5.62. The van der Waals surface area contributed by atoms with E-state index in [2.05, 4.69) is 15.3 Å². The summed E-state index contributed by atoms with van der Waals surface area (Å²) in [7, 11) is -3.76. The molecule has 0 saturated heterocycles. The van der Waals surface area contributed by atoms with Gasteiger partial charge in [0.2, 0.25) is 15.7 Å². The van der Waals surface area contributed by atoms with Gasteiger partial charge >= 0.3 is 0 Å². The molecule has 1 aliphatic heterocycles. The second-order valence-corrected chi connectivity index (χ2v) is 10.1. The molecule has 30 heavy (non-hydrogen) atoms. The van der Waals surface area contributed by atoms with Gasteiger partial charge in [0, 0.05) is 11.8 Å². The van der Waals surface area contributed by atoms with E-state index in [1.54, 1.807) is 29.6 Å². The van der Waals surface area contributed by atoms with Gasteiger partial charge in [0.1, 0.15) is 28.1 Å². The van der Waals surface area contributed by atoms with Crippen molar-refractivity contribution in [3.05, 3.63) is 41.9 Å². The Morgan fingerprint density at radius 1 is 1.23 bits per heavy atom. The minimum atomic E-state index is -3.76. The number of thiophene rings is 1. The highest BCUT2D eigenvalue weighted by Gasteiger charge is 2.23. The van der Waals surface area contributed by atoms with Gasteiger partial charge in [0.15, 0.2) is 16.7 Å². The monoisotopic (exact) mass is 464 g/mol. The third-order valence-electron chi connectivity index (χ3n) is 3.97. The highest BCUT2D eigenvalue weighted by molar-refractivity contribution is 7.99. The lowest BCUT2D eigenvalue weighted by molar-refractivity contribution is -0.113. The molecule has 0 aliphatic carbocycles. The first-order valence-electron chi connectivity index (χ1n) is 8.67. The zero-order chi connectivity index (χ0) is 21.1. The van der Waals surface area contributed by atoms with Crippen molar-refractivity contribution in [2.24, 2.45) is 0 Å². The number of aromatic nitrogens is 2. The number of carbonyl (C=O) groups is 1. The van der Waals surface area contributed by atoms with Crippen LogP contribution in [-0.2, 0) is 14.6 Å². The van der Waals surface area contributed by atoms with Crippen molar-refractivity contribution >= 4 is 50.3 Å². The van der Waals surface area contributed by atoms with E-state index in [0.29, 0.717) is 30.4 Å². The van der Waals surface area contributed by atoms with Crippen LogP contribution >= 0.6 is 23.1 Å². The van der Waals surface area contributed by atoms with Crippen LogP contribution in [0.5, 0.6) is 11.5 Å². The zero-order valence-electron chi connectivity index (χ0n) is 15.4. The van der Waals surface area contributed by atoms with Crippen molar-refractivity contribution in [1.29, 1.82) is 0 Å². The van der Waals surface area contributed by atoms with Crippen LogP contribution in [0.2, 0.25) is 0 Å². The number of benzene rings is 1. The van der Waals surface area contributed by atoms with Gasteiger partial charge in [-0.3, -0.25) is 4.79 Å². The van der Waals surface area contributed by atoms with Crippen molar-refractivity contribution in [3.63, 3.8) is 0 Å². The van der Waals surface area contributed by atoms with Crippen LogP contribution in [0.3, 0.4) is 0 Å². The molecule has 1 aliphatic rings. The maximum Gasteiger partial charge on any atom is 0.234 e. The normalized spacial score (nSPS) is 13.1. The number of fused-ring (bicyclic) bond motifs is 1. The van der Waals surface area contributed by atoms with E-state index in [0.717, 1.165) is 23.1 Å². The fourth-order valence-electron chi connectivity index (χ4n) is 2.62. The molecule has 0 saturated carbocycles. The van der Waals surface area contributed by atoms with Crippen LogP contribution < -0.4 is 20.5 Å². The maximum atomic E-state index is 12.6. The molecular formula is C18H16N4O5S3. The zero-order valence-corrected chi connectivity index (χ0v) is 17.9. The van der Waals surface area contributed by atoms with Crippen LogP contribution in [0, 0.1) is 0 Å². The van der Waals surface area contributed by atoms with Crippen molar-refractivity contribution in [1.82, 2.24) is 9.97 Å². The van der Waals surface area contributed by atoms with E-state index in [9.17, 15) is 13.2 Å². The summed E-state index contributed by atoms with van der Waals surface area (Å²) in [6, 6.07) is 8.27. The molecule has 12 heteroatoms. The molecule has 0 radical (unpaired) electrons. The molecule has 3 N–H and O–H groups in total. The van der Waals surface area contributed by atoms with Crippen molar-refractivity contribution in [2.45, 2.75) is 14.3 Å². The first-order valence-corrected chi connectivity index (χ1v) is 12.0. The van der Waals surface area contributed by atoms with E-state index in [1.807, 2.05) is 0 Å². The molecule has 0 fully saturated rings. The molecule has 4 rings (SSSR count). The van der Waals surface area contributed by atoms with Gasteiger partial charge in [-0.15, -0.1) is 11.3 Å². The number of sulfone groups is 1. The molecule has 9 nitrogen and oxygen atoms in total. The van der Waals surface area contributed by atoms with E-state index in [1.165, 1.54) is 12.3 Å². The number of ether oxygens (including phenoxy) is 2. The summed E-state index contributed by atoms with van der Waals surface area (Å²) in [6.07, 6.45) is 1.17. The SMILES string of the molecule is Nc1nc(SCC(=O)Nc2ccc3c(c2)OCCO3)ncc1S(=O)(=O)c1cccs1. The van der Waals surface area contributed by atoms with Gasteiger partial charge in [-0.05, 0) is 23.6 Å². The predicted molar refractivity (Wildman–Crippen MR) is 113 cm³/mol. The van der Waals surface area contributed by atoms with Gasteiger partial charge in [0.25, 0.3) is 0 Å². The number of nitrogens with one attached hydrogen (secondary N) is 1. The van der Waals surface area contributed by atoms with Crippen molar-refractivity contribution < 1.29 is 22.7 Å². The topological polar surface area (TPSA) is 134 Å². The summed E-state index contributed by atoms with van der Waals surface area (Å²) >= 11 is 2.13. The van der Waals surface area contributed by atoms with Gasteiger partial charge in [-0.2, -0.15) is 0 Å². The second kappa shape index (κ2) is 8.50. The number of rotatable bonds is 6. The summed E-state index contributed by atoms with van der Waals surface area (Å²) in [6.45, 7) is 0.948. The Kier molecular flexibility index (Phi) is 5.79. The van der Waals surface area contributed by atoms with E-state index >= 15 is 0 Å². The minimum absolute atomic E-state index is 0.0188. The third kappa shape index (κ3) is 4.35. The molecule has 1 amide bonds. The summed E-state index contributed by atoms with van der Waals surface area (Å²) in [5.41, 5.74) is 6.41. The van der Waals surface area contributed by atoms with Crippen molar-refractivity contribution in [2.75, 3.05) is 30.0 Å². The highest BCUT2D eigenvalue weighted by Crippen LogP contribution is 2.33. The summed E-state index contributed by atoms with van der Waals surface area (Å²) in [5.74, 6) is 0.785. The molecular weight excluding hydrogens is 448 g/mol. The largest absolute Gasteiger partial charge is 0.486 e. The molecule has 2 aromatic heterocycles. The van der Waals surface area contributed by atoms with Crippen LogP contribution in [0.4, 0.5) is 11.5 Å². The standard InChI is InChI=1S/C18H16N4O5S3/c19-17-14(30(24,25)16-2-1-7-28-16)9-20-18(22-17)29-10-15(23)21-11-3-4-12-13(8-11)27-6-5-26-12/h1-4,7-9H,5-6,10H2,(H,21,23)(H2,19,20,22). The average Bonchev–Trinajstić information content (AvgIpc) is 3.28. The number of hydrogen-bond donors (Lipinski definition) is 2. The Bertz CT molecular complexity index is 1180. The number of hydrogen-bond acceptors (Lipinski definition) is 10. The Morgan fingerprint density at radius 2 is 2.03 bits per heavy atom. The first-order chi connectivity index (χ1) is 14.4. The number of nitrogens with zero attached hydrogens (tertiary/aromatic N) is 2. The first kappa shape index (κ1) is 20.4. The van der Waals surface area contributed by atoms with Crippen molar-refractivity contribution in [3.8, 4) is 11.5 Å². The van der Waals surface area contributed by atoms with Crippen LogP contribution in [0.25, 0.3) is 0 Å². The van der Waals surface area contributed by atoms with Crippen LogP contribution in [0.1, 0.15) is 0 Å². The molecule has 3 aromatic rings. The lowest BCUT2D eigenvalue weighted by atomic mass is 10.2. The lowest BCUT2D eigenvalue weighted by Crippen LogP contribution is -2.17. The fraction of sp³-hybridized carbons (Fsp3) is 0.167. The molecule has 1 aromatic carbocycles. The smallest absolute Gasteiger partial charge is 0.234 e. The van der Waals surface area contributed by atoms with Crippen LogP contribution in [0.15, 0.2) is 56.2 Å². The summed E-state index contributed by atoms with van der Waals surface area (Å²) in [5, 5.41) is 4.62. The number of thioether (sulfide) groups is 1. The minimum Gasteiger partial charge on any atom is -0.486 e. The van der Waals surface area contributed by atoms with Gasteiger partial charge in [-0.25, -0.2) is 18.4 Å². The Hall–Kier alpha value is -2.83. The predicted octanol–water partition coefficient (Wildman–Crippen LogP) is 2.46. The second-order valence-electron chi connectivity index (χ2n) is 6.03. The van der Waals surface area contributed by atoms with Crippen LogP contribution in [-0.4, -0.2) is 43.3 Å². The molecule has 0 atom stereocenters. The number of anilines is 2. The molecule has 0 unspecified atom stereocenters. The van der Waals surface area contributed by atoms with E-state index in [4.69, 9.17) is 15.2 Å². The van der Waals surface area contributed by atoms with Gasteiger partial charge in [-0.1, -0.05) is 17.8 Å². The molecule has 0 spiro atoms. The quantitative estimate of drug-likeness (QED) is 0.417. The number of nitrogens with two attached hydrogens (primary N) is 1. The summed E-state index contributed by atoms with van der Waals surface area (Å²) in [4.78, 5) is 20.1. The van der Waals surface area contributed by atoms with E-state index < -0.39 is 9.84 Å². The maximum absolute atomic E-state index is 12.6. The number of carbonyl (C=O) groups excluding carboxylic acids is 1. The number of amides is 1. The van der Waals surface area contributed by atoms with Gasteiger partial charge < -0.3 is 20.5 Å². The average molecular weight is 465 g/mol. The van der Waals surface area contributed by atoms with Gasteiger partial charge in [0.05, 0.1) is 11.9 Å². The molecule has 3 heterocycles. The number of nitrogen functional groups attached to an aromatic ring is 1. The Morgan fingerprint density at radius 3 is 2.77 bits per heavy atom. The lowest BCUT2D eigenvalue weighted by Gasteiger charge is -2.18. The Balaban J connectivity index is 1.39. The third-order valence-corrected chi connectivity index (χ3v) is 8.00.